The molecule has 0 atom stereocenters. The van der Waals surface area contributed by atoms with Gasteiger partial charge in [0.2, 0.25) is 0 Å². The Kier molecular flexibility index (Phi) is 5.09. The highest BCUT2D eigenvalue weighted by Crippen LogP contribution is 2.37. The van der Waals surface area contributed by atoms with Gasteiger partial charge in [-0.15, -0.1) is 0 Å². The largest absolute Gasteiger partial charge is 0.206 e. The van der Waals surface area contributed by atoms with Crippen LogP contribution in [0.5, 0.6) is 0 Å². The summed E-state index contributed by atoms with van der Waals surface area (Å²) in [6, 6.07) is 10.5. The Labute approximate surface area is 144 Å². The second-order valence-electron chi connectivity index (χ2n) is 6.93. The van der Waals surface area contributed by atoms with E-state index >= 15 is 0 Å². The lowest BCUT2D eigenvalue weighted by atomic mass is 9.70. The van der Waals surface area contributed by atoms with Crippen LogP contribution in [0.25, 0.3) is 0 Å². The van der Waals surface area contributed by atoms with Gasteiger partial charge in [-0.2, -0.15) is 0 Å². The molecule has 3 rings (SSSR count). The number of hydrogen-bond donors (Lipinski definition) is 0. The van der Waals surface area contributed by atoms with E-state index in [1.165, 1.54) is 12.1 Å². The molecule has 4 heteroatoms. The van der Waals surface area contributed by atoms with Gasteiger partial charge in [0.1, 0.15) is 27.3 Å². The van der Waals surface area contributed by atoms with Gasteiger partial charge in [0.05, 0.1) is 5.56 Å². The quantitative estimate of drug-likeness (QED) is 0.560. The van der Waals surface area contributed by atoms with Crippen molar-refractivity contribution < 1.29 is 8.78 Å². The Balaban J connectivity index is 1.84. The van der Waals surface area contributed by atoms with Crippen molar-refractivity contribution in [3.05, 3.63) is 64.7 Å². The van der Waals surface area contributed by atoms with Gasteiger partial charge in [0.15, 0.2) is 0 Å². The summed E-state index contributed by atoms with van der Waals surface area (Å²) in [5, 5.41) is 0. The Hall–Kier alpha value is -2.01. The van der Waals surface area contributed by atoms with Crippen molar-refractivity contribution in [1.29, 1.82) is 0 Å². The monoisotopic (exact) mass is 320 g/mol. The number of halogens is 2. The molecule has 1 fully saturated rings. The summed E-state index contributed by atoms with van der Waals surface area (Å²) in [5.41, 5.74) is 2.52. The van der Waals surface area contributed by atoms with E-state index < -0.39 is 11.6 Å². The van der Waals surface area contributed by atoms with Gasteiger partial charge in [-0.25, -0.2) is 8.78 Å². The molecule has 0 nitrogen and oxygen atoms in total. The summed E-state index contributed by atoms with van der Waals surface area (Å²) in [5.74, 6) is 5.38. The molecular weight excluding hydrogens is 300 g/mol. The van der Waals surface area contributed by atoms with Crippen molar-refractivity contribution in [1.82, 2.24) is 0 Å². The smallest absolute Gasteiger partial charge is 0.142 e. The SMILES string of the molecule is Bc1ccc(C#Cc2c(F)cc(C3CCC(B)CC3)cc2F)cc1. The van der Waals surface area contributed by atoms with Gasteiger partial charge in [0, 0.05) is 5.56 Å². The standard InChI is InChI=1S/C20H20B2F2/c21-16-6-1-13(2-7-16)3-10-18-19(23)11-15(12-20(18)24)14-4-8-17(22)9-5-14/h1-2,6-7,11-12,14,17H,4-5,8-9,21-22H2. The molecule has 0 aliphatic heterocycles. The Morgan fingerprint density at radius 1 is 0.875 bits per heavy atom. The zero-order valence-electron chi connectivity index (χ0n) is 14.2. The fourth-order valence-electron chi connectivity index (χ4n) is 3.31. The summed E-state index contributed by atoms with van der Waals surface area (Å²) in [4.78, 5) is 0. The first-order chi connectivity index (χ1) is 11.5. The first-order valence-electron chi connectivity index (χ1n) is 8.60. The average molecular weight is 320 g/mol. The highest BCUT2D eigenvalue weighted by Gasteiger charge is 2.21. The summed E-state index contributed by atoms with van der Waals surface area (Å²) < 4.78 is 28.7. The fourth-order valence-corrected chi connectivity index (χ4v) is 3.31. The minimum absolute atomic E-state index is 0.136. The maximum atomic E-state index is 14.4. The van der Waals surface area contributed by atoms with Crippen molar-refractivity contribution in [2.24, 2.45) is 0 Å². The van der Waals surface area contributed by atoms with Crippen LogP contribution >= 0.6 is 0 Å². The highest BCUT2D eigenvalue weighted by molar-refractivity contribution is 6.32. The molecule has 1 aliphatic rings. The summed E-state index contributed by atoms with van der Waals surface area (Å²) >= 11 is 0. The lowest BCUT2D eigenvalue weighted by Crippen LogP contribution is -2.10. The molecular formula is C20H20B2F2. The molecule has 0 spiro atoms. The van der Waals surface area contributed by atoms with E-state index in [4.69, 9.17) is 0 Å². The fraction of sp³-hybridized carbons (Fsp3) is 0.300. The zero-order valence-corrected chi connectivity index (χ0v) is 14.2. The van der Waals surface area contributed by atoms with Crippen LogP contribution in [0.4, 0.5) is 8.78 Å². The molecule has 0 heterocycles. The number of hydrogen-bond acceptors (Lipinski definition) is 0. The van der Waals surface area contributed by atoms with Crippen LogP contribution in [0.1, 0.15) is 48.3 Å². The van der Waals surface area contributed by atoms with Crippen molar-refractivity contribution in [3.8, 4) is 11.8 Å². The molecule has 24 heavy (non-hydrogen) atoms. The molecule has 0 radical (unpaired) electrons. The van der Waals surface area contributed by atoms with E-state index in [1.807, 2.05) is 32.1 Å². The third-order valence-electron chi connectivity index (χ3n) is 4.94. The molecule has 0 saturated heterocycles. The minimum atomic E-state index is -0.553. The van der Waals surface area contributed by atoms with E-state index in [1.54, 1.807) is 0 Å². The van der Waals surface area contributed by atoms with E-state index in [0.29, 0.717) is 0 Å². The molecule has 0 amide bonds. The van der Waals surface area contributed by atoms with Crippen LogP contribution in [-0.2, 0) is 0 Å². The van der Waals surface area contributed by atoms with Crippen LogP contribution in [0.2, 0.25) is 5.82 Å². The van der Waals surface area contributed by atoms with Gasteiger partial charge in [-0.3, -0.25) is 0 Å². The molecule has 1 saturated carbocycles. The average Bonchev–Trinajstić information content (AvgIpc) is 2.56. The normalized spacial score (nSPS) is 20.2. The van der Waals surface area contributed by atoms with Gasteiger partial charge in [-0.05, 0) is 48.6 Å². The zero-order chi connectivity index (χ0) is 17.1. The van der Waals surface area contributed by atoms with E-state index in [9.17, 15) is 8.78 Å². The second-order valence-corrected chi connectivity index (χ2v) is 6.93. The highest BCUT2D eigenvalue weighted by atomic mass is 19.1. The third-order valence-corrected chi connectivity index (χ3v) is 4.94. The van der Waals surface area contributed by atoms with Crippen molar-refractivity contribution in [2.75, 3.05) is 0 Å². The molecule has 0 unspecified atom stereocenters. The number of rotatable bonds is 1. The Morgan fingerprint density at radius 3 is 2.04 bits per heavy atom. The molecule has 2 aromatic carbocycles. The predicted octanol–water partition coefficient (Wildman–Crippen LogP) is 2.70. The van der Waals surface area contributed by atoms with Gasteiger partial charge in [-0.1, -0.05) is 48.1 Å². The number of benzene rings is 2. The molecule has 2 aromatic rings. The van der Waals surface area contributed by atoms with E-state index in [-0.39, 0.29) is 11.5 Å². The van der Waals surface area contributed by atoms with Crippen LogP contribution in [-0.4, -0.2) is 15.7 Å². The van der Waals surface area contributed by atoms with Crippen LogP contribution in [0.15, 0.2) is 36.4 Å². The topological polar surface area (TPSA) is 0 Å². The summed E-state index contributed by atoms with van der Waals surface area (Å²) in [6.07, 6.45) is 4.27. The molecule has 1 aliphatic carbocycles. The van der Waals surface area contributed by atoms with Crippen LogP contribution < -0.4 is 5.46 Å². The van der Waals surface area contributed by atoms with Gasteiger partial charge in [0.25, 0.3) is 0 Å². The predicted molar refractivity (Wildman–Crippen MR) is 100 cm³/mol. The maximum Gasteiger partial charge on any atom is 0.142 e. The molecule has 120 valence electrons. The van der Waals surface area contributed by atoms with Gasteiger partial charge >= 0.3 is 0 Å². The van der Waals surface area contributed by atoms with Crippen LogP contribution in [0, 0.1) is 23.5 Å². The maximum absolute atomic E-state index is 14.4. The van der Waals surface area contributed by atoms with Crippen molar-refractivity contribution in [2.45, 2.75) is 37.4 Å². The first kappa shape index (κ1) is 16.8. The lowest BCUT2D eigenvalue weighted by Gasteiger charge is -2.26. The van der Waals surface area contributed by atoms with Crippen LogP contribution in [0.3, 0.4) is 0 Å². The Morgan fingerprint density at radius 2 is 1.46 bits per heavy atom. The second kappa shape index (κ2) is 7.26. The molecule has 0 N–H and O–H groups in total. The van der Waals surface area contributed by atoms with Gasteiger partial charge < -0.3 is 0 Å². The minimum Gasteiger partial charge on any atom is -0.206 e. The van der Waals surface area contributed by atoms with Crippen molar-refractivity contribution >= 4 is 21.2 Å². The van der Waals surface area contributed by atoms with E-state index in [0.717, 1.165) is 48.1 Å². The molecule has 0 aromatic heterocycles. The van der Waals surface area contributed by atoms with Crippen molar-refractivity contribution in [3.63, 3.8) is 0 Å². The van der Waals surface area contributed by atoms with E-state index in [2.05, 4.69) is 19.7 Å². The molecule has 0 bridgehead atoms. The lowest BCUT2D eigenvalue weighted by molar-refractivity contribution is 0.439. The third kappa shape index (κ3) is 3.90. The summed E-state index contributed by atoms with van der Waals surface area (Å²) in [6.45, 7) is 0. The Bertz CT molecular complexity index is 757. The summed E-state index contributed by atoms with van der Waals surface area (Å²) in [7, 11) is 4.22. The first-order valence-corrected chi connectivity index (χ1v) is 8.60.